The number of aliphatic imine (C=N–C) groups is 1. The van der Waals surface area contributed by atoms with Crippen LogP contribution in [0.4, 0.5) is 0 Å². The van der Waals surface area contributed by atoms with Crippen molar-refractivity contribution in [1.82, 2.24) is 5.32 Å². The summed E-state index contributed by atoms with van der Waals surface area (Å²) in [7, 11) is 1.27. The van der Waals surface area contributed by atoms with Crippen LogP contribution >= 0.6 is 11.6 Å². The predicted molar refractivity (Wildman–Crippen MR) is 103 cm³/mol. The number of nitriles is 1. The normalized spacial score (nSPS) is 22.7. The van der Waals surface area contributed by atoms with Crippen molar-refractivity contribution in [2.45, 2.75) is 51.6 Å². The first-order chi connectivity index (χ1) is 12.8. The van der Waals surface area contributed by atoms with E-state index in [0.29, 0.717) is 17.9 Å². The van der Waals surface area contributed by atoms with Crippen LogP contribution in [-0.4, -0.2) is 30.7 Å². The minimum atomic E-state index is -0.887. The first-order valence-electron chi connectivity index (χ1n) is 8.90. The third-order valence-corrected chi connectivity index (χ3v) is 5.15. The van der Waals surface area contributed by atoms with E-state index in [2.05, 4.69) is 11.4 Å². The van der Waals surface area contributed by atoms with Crippen LogP contribution in [0, 0.1) is 16.7 Å². The maximum Gasteiger partial charge on any atom is 0.328 e. The number of carbonyl (C=O) groups is 2. The molecule has 1 aromatic rings. The highest BCUT2D eigenvalue weighted by Crippen LogP contribution is 2.41. The summed E-state index contributed by atoms with van der Waals surface area (Å²) in [6, 6.07) is 8.79. The zero-order valence-corrected chi connectivity index (χ0v) is 16.5. The molecule has 0 spiro atoms. The van der Waals surface area contributed by atoms with Gasteiger partial charge in [0.05, 0.1) is 24.6 Å². The minimum absolute atomic E-state index is 0.138. The summed E-state index contributed by atoms with van der Waals surface area (Å²) in [5.41, 5.74) is 0.880. The number of hydrogen-bond acceptors (Lipinski definition) is 5. The van der Waals surface area contributed by atoms with Gasteiger partial charge in [-0.2, -0.15) is 5.26 Å². The second-order valence-electron chi connectivity index (χ2n) is 6.83. The Bertz CT molecular complexity index is 770. The molecule has 2 rings (SSSR count). The minimum Gasteiger partial charge on any atom is -0.467 e. The van der Waals surface area contributed by atoms with Gasteiger partial charge in [0.25, 0.3) is 0 Å². The second kappa shape index (κ2) is 9.01. The molecule has 3 atom stereocenters. The molecule has 7 heteroatoms. The lowest BCUT2D eigenvalue weighted by Gasteiger charge is -2.27. The van der Waals surface area contributed by atoms with E-state index >= 15 is 0 Å². The van der Waals surface area contributed by atoms with E-state index in [9.17, 15) is 14.9 Å². The Morgan fingerprint density at radius 1 is 1.41 bits per heavy atom. The summed E-state index contributed by atoms with van der Waals surface area (Å²) in [5.74, 6) is -0.902. The van der Waals surface area contributed by atoms with Crippen LogP contribution in [0.1, 0.15) is 51.1 Å². The van der Waals surface area contributed by atoms with Gasteiger partial charge in [-0.05, 0) is 43.9 Å². The van der Waals surface area contributed by atoms with Crippen molar-refractivity contribution >= 4 is 29.2 Å². The summed E-state index contributed by atoms with van der Waals surface area (Å²) >= 11 is 5.94. The van der Waals surface area contributed by atoms with Crippen molar-refractivity contribution in [3.8, 4) is 6.07 Å². The lowest BCUT2D eigenvalue weighted by Crippen LogP contribution is -2.45. The van der Waals surface area contributed by atoms with Gasteiger partial charge in [0.2, 0.25) is 5.91 Å². The van der Waals surface area contributed by atoms with Gasteiger partial charge in [-0.1, -0.05) is 23.7 Å². The molecule has 0 heterocycles. The molecule has 0 aromatic heterocycles. The van der Waals surface area contributed by atoms with Crippen molar-refractivity contribution in [1.29, 1.82) is 5.26 Å². The third-order valence-electron chi connectivity index (χ3n) is 4.90. The topological polar surface area (TPSA) is 91.6 Å². The Hall–Kier alpha value is -2.39. The van der Waals surface area contributed by atoms with E-state index in [4.69, 9.17) is 21.3 Å². The van der Waals surface area contributed by atoms with Crippen molar-refractivity contribution in [2.75, 3.05) is 7.11 Å². The molecule has 1 saturated carbocycles. The number of halogens is 1. The number of carbonyl (C=O) groups excluding carboxylic acids is 2. The molecule has 0 bridgehead atoms. The van der Waals surface area contributed by atoms with E-state index in [1.807, 2.05) is 31.2 Å². The number of hydrogen-bond donors (Lipinski definition) is 1. The Morgan fingerprint density at radius 2 is 2.07 bits per heavy atom. The third kappa shape index (κ3) is 5.08. The number of nitrogens with zero attached hydrogens (tertiary/aromatic N) is 2. The van der Waals surface area contributed by atoms with Crippen molar-refractivity contribution in [3.63, 3.8) is 0 Å². The first-order valence-corrected chi connectivity index (χ1v) is 9.28. The molecule has 0 radical (unpaired) electrons. The van der Waals surface area contributed by atoms with Crippen LogP contribution in [-0.2, 0) is 14.3 Å². The molecule has 144 valence electrons. The fourth-order valence-electron chi connectivity index (χ4n) is 3.49. The Morgan fingerprint density at radius 3 is 2.63 bits per heavy atom. The van der Waals surface area contributed by atoms with Crippen molar-refractivity contribution in [3.05, 3.63) is 34.9 Å². The molecule has 1 aromatic carbocycles. The summed E-state index contributed by atoms with van der Waals surface area (Å²) in [4.78, 5) is 28.4. The summed E-state index contributed by atoms with van der Waals surface area (Å²) in [6.07, 6.45) is 2.26. The molecule has 0 saturated heterocycles. The maximum absolute atomic E-state index is 12.1. The standard InChI is InChI=1S/C20H24ClN3O3/c1-13(15-6-8-16(21)9-7-15)23-18-5-4-10-20(18,12-22)11-17(19(26)27-3)24-14(2)25/h6-9,13,17H,4-5,10-11H2,1-3H3,(H,24,25)/b23-18+/t13?,17-,20+/m0/s1. The van der Waals surface area contributed by atoms with E-state index in [1.54, 1.807) is 0 Å². The molecule has 1 amide bonds. The number of esters is 1. The van der Waals surface area contributed by atoms with E-state index < -0.39 is 17.4 Å². The molecule has 1 aliphatic rings. The highest BCUT2D eigenvalue weighted by atomic mass is 35.5. The van der Waals surface area contributed by atoms with Crippen LogP contribution in [0.5, 0.6) is 0 Å². The predicted octanol–water partition coefficient (Wildman–Crippen LogP) is 3.60. The van der Waals surface area contributed by atoms with E-state index in [0.717, 1.165) is 17.7 Å². The van der Waals surface area contributed by atoms with Gasteiger partial charge < -0.3 is 10.1 Å². The van der Waals surface area contributed by atoms with Gasteiger partial charge >= 0.3 is 5.97 Å². The van der Waals surface area contributed by atoms with Crippen LogP contribution < -0.4 is 5.32 Å². The average Bonchev–Trinajstić information content (AvgIpc) is 3.03. The van der Waals surface area contributed by atoms with Gasteiger partial charge in [-0.15, -0.1) is 0 Å². The largest absolute Gasteiger partial charge is 0.467 e. The number of rotatable bonds is 6. The molecule has 1 fully saturated rings. The Kier molecular flexibility index (Phi) is 6.98. The molecule has 27 heavy (non-hydrogen) atoms. The number of amides is 1. The van der Waals surface area contributed by atoms with Crippen LogP contribution in [0.3, 0.4) is 0 Å². The summed E-state index contributed by atoms with van der Waals surface area (Å²) in [5, 5.41) is 13.2. The highest BCUT2D eigenvalue weighted by Gasteiger charge is 2.44. The lowest BCUT2D eigenvalue weighted by molar-refractivity contribution is -0.145. The zero-order chi connectivity index (χ0) is 20.0. The quantitative estimate of drug-likeness (QED) is 0.752. The molecule has 1 N–H and O–H groups in total. The SMILES string of the molecule is COC(=O)[C@H](C[C@@]1(C#N)CCC/C1=N\C(C)c1ccc(Cl)cc1)NC(C)=O. The average molecular weight is 390 g/mol. The van der Waals surface area contributed by atoms with Crippen molar-refractivity contribution in [2.24, 2.45) is 10.4 Å². The van der Waals surface area contributed by atoms with Gasteiger partial charge in [-0.3, -0.25) is 9.79 Å². The van der Waals surface area contributed by atoms with Gasteiger partial charge in [0.15, 0.2) is 0 Å². The molecule has 1 unspecified atom stereocenters. The number of benzene rings is 1. The summed E-state index contributed by atoms with van der Waals surface area (Å²) in [6.45, 7) is 3.30. The van der Waals surface area contributed by atoms with Gasteiger partial charge in [-0.25, -0.2) is 4.79 Å². The number of nitrogens with one attached hydrogen (secondary N) is 1. The van der Waals surface area contributed by atoms with Gasteiger partial charge in [0.1, 0.15) is 6.04 Å². The molecule has 6 nitrogen and oxygen atoms in total. The Labute approximate surface area is 164 Å². The molecule has 1 aliphatic carbocycles. The Balaban J connectivity index is 2.30. The smallest absolute Gasteiger partial charge is 0.328 e. The second-order valence-corrected chi connectivity index (χ2v) is 7.27. The fourth-order valence-corrected chi connectivity index (χ4v) is 3.62. The maximum atomic E-state index is 12.1. The van der Waals surface area contributed by atoms with Crippen LogP contribution in [0.15, 0.2) is 29.3 Å². The monoisotopic (exact) mass is 389 g/mol. The number of ether oxygens (including phenoxy) is 1. The van der Waals surface area contributed by atoms with E-state index in [-0.39, 0.29) is 18.4 Å². The first kappa shape index (κ1) is 20.9. The van der Waals surface area contributed by atoms with Crippen LogP contribution in [0.2, 0.25) is 5.02 Å². The lowest BCUT2D eigenvalue weighted by atomic mass is 9.79. The number of methoxy groups -OCH3 is 1. The molecule has 0 aliphatic heterocycles. The molecular weight excluding hydrogens is 366 g/mol. The van der Waals surface area contributed by atoms with Crippen molar-refractivity contribution < 1.29 is 14.3 Å². The summed E-state index contributed by atoms with van der Waals surface area (Å²) < 4.78 is 4.79. The fraction of sp³-hybridized carbons (Fsp3) is 0.500. The van der Waals surface area contributed by atoms with Crippen LogP contribution in [0.25, 0.3) is 0 Å². The van der Waals surface area contributed by atoms with E-state index in [1.165, 1.54) is 14.0 Å². The highest BCUT2D eigenvalue weighted by molar-refractivity contribution is 6.30. The zero-order valence-electron chi connectivity index (χ0n) is 15.8. The van der Waals surface area contributed by atoms with Gasteiger partial charge in [0, 0.05) is 24.1 Å². The molecular formula is C20H24ClN3O3.